The van der Waals surface area contributed by atoms with Crippen LogP contribution in [0.5, 0.6) is 0 Å². The van der Waals surface area contributed by atoms with Gasteiger partial charge in [0.1, 0.15) is 5.69 Å². The number of aryl methyl sites for hydroxylation is 1. The molecule has 0 aliphatic heterocycles. The van der Waals surface area contributed by atoms with Gasteiger partial charge in [-0.25, -0.2) is 4.98 Å². The van der Waals surface area contributed by atoms with Gasteiger partial charge < -0.3 is 15.1 Å². The van der Waals surface area contributed by atoms with Gasteiger partial charge in [0.25, 0.3) is 5.91 Å². The van der Waals surface area contributed by atoms with Crippen molar-refractivity contribution in [3.05, 3.63) is 23.8 Å². The number of hydrogen-bond donors (Lipinski definition) is 1. The Morgan fingerprint density at radius 1 is 1.07 bits per heavy atom. The van der Waals surface area contributed by atoms with Gasteiger partial charge in [-0.2, -0.15) is 0 Å². The highest BCUT2D eigenvalue weighted by molar-refractivity contribution is 5.92. The van der Waals surface area contributed by atoms with E-state index in [4.69, 9.17) is 0 Å². The van der Waals surface area contributed by atoms with Crippen LogP contribution in [0.15, 0.2) is 12.4 Å². The van der Waals surface area contributed by atoms with Gasteiger partial charge >= 0.3 is 0 Å². The summed E-state index contributed by atoms with van der Waals surface area (Å²) in [5, 5.41) is 3.05. The first-order valence-corrected chi connectivity index (χ1v) is 10.5. The number of nitrogens with zero attached hydrogens (tertiary/aromatic N) is 4. The molecule has 158 valence electrons. The largest absolute Gasteiger partial charge is 0.354 e. The van der Waals surface area contributed by atoms with Crippen molar-refractivity contribution in [1.82, 2.24) is 25.1 Å². The summed E-state index contributed by atoms with van der Waals surface area (Å²) in [5.41, 5.74) is 1.09. The molecule has 28 heavy (non-hydrogen) atoms. The van der Waals surface area contributed by atoms with Gasteiger partial charge in [-0.1, -0.05) is 20.8 Å². The molecule has 0 fully saturated rings. The van der Waals surface area contributed by atoms with E-state index in [9.17, 15) is 9.59 Å². The minimum Gasteiger partial charge on any atom is -0.354 e. The maximum absolute atomic E-state index is 12.6. The van der Waals surface area contributed by atoms with Crippen LogP contribution in [0.4, 0.5) is 0 Å². The van der Waals surface area contributed by atoms with Crippen molar-refractivity contribution in [2.75, 3.05) is 32.7 Å². The fourth-order valence-electron chi connectivity index (χ4n) is 3.07. The molecular weight excluding hydrogens is 354 g/mol. The average Bonchev–Trinajstić information content (AvgIpc) is 2.68. The van der Waals surface area contributed by atoms with E-state index < -0.39 is 0 Å². The molecule has 1 unspecified atom stereocenters. The summed E-state index contributed by atoms with van der Waals surface area (Å²) in [7, 11) is 0. The first-order valence-electron chi connectivity index (χ1n) is 10.5. The summed E-state index contributed by atoms with van der Waals surface area (Å²) < 4.78 is 0. The number of carbonyl (C=O) groups is 2. The van der Waals surface area contributed by atoms with Gasteiger partial charge in [0.05, 0.1) is 11.9 Å². The molecule has 0 radical (unpaired) electrons. The van der Waals surface area contributed by atoms with Crippen LogP contribution >= 0.6 is 0 Å². The molecule has 0 aromatic carbocycles. The van der Waals surface area contributed by atoms with Crippen molar-refractivity contribution in [2.45, 2.75) is 66.3 Å². The van der Waals surface area contributed by atoms with Crippen LogP contribution in [-0.4, -0.2) is 70.3 Å². The Bertz CT molecular complexity index is 587. The van der Waals surface area contributed by atoms with Crippen molar-refractivity contribution in [3.63, 3.8) is 0 Å². The zero-order valence-electron chi connectivity index (χ0n) is 18.2. The van der Waals surface area contributed by atoms with E-state index >= 15 is 0 Å². The molecule has 0 aliphatic rings. The maximum atomic E-state index is 12.6. The lowest BCUT2D eigenvalue weighted by atomic mass is 10.1. The SMILES string of the molecule is CCCN(CCC(=O)NC(C)CCCN(CC)CC)C(=O)c1cnc(C)cn1. The number of nitrogens with one attached hydrogen (secondary N) is 1. The topological polar surface area (TPSA) is 78.4 Å². The monoisotopic (exact) mass is 391 g/mol. The highest BCUT2D eigenvalue weighted by Gasteiger charge is 2.18. The van der Waals surface area contributed by atoms with Gasteiger partial charge in [-0.15, -0.1) is 0 Å². The van der Waals surface area contributed by atoms with Crippen molar-refractivity contribution in [2.24, 2.45) is 0 Å². The molecule has 1 rings (SSSR count). The normalized spacial score (nSPS) is 12.1. The second-order valence-corrected chi connectivity index (χ2v) is 7.22. The molecule has 1 atom stereocenters. The summed E-state index contributed by atoms with van der Waals surface area (Å²) in [4.78, 5) is 37.3. The van der Waals surface area contributed by atoms with E-state index in [1.54, 1.807) is 11.1 Å². The highest BCUT2D eigenvalue weighted by atomic mass is 16.2. The smallest absolute Gasteiger partial charge is 0.274 e. The Morgan fingerprint density at radius 2 is 1.79 bits per heavy atom. The van der Waals surface area contributed by atoms with Crippen LogP contribution in [-0.2, 0) is 4.79 Å². The number of carbonyl (C=O) groups excluding carboxylic acids is 2. The minimum atomic E-state index is -0.172. The first kappa shape index (κ1) is 24.0. The lowest BCUT2D eigenvalue weighted by Crippen LogP contribution is -2.38. The molecule has 0 aliphatic carbocycles. The number of aromatic nitrogens is 2. The van der Waals surface area contributed by atoms with E-state index in [0.717, 1.165) is 44.6 Å². The number of hydrogen-bond acceptors (Lipinski definition) is 5. The molecule has 0 saturated carbocycles. The van der Waals surface area contributed by atoms with Gasteiger partial charge in [0.15, 0.2) is 0 Å². The van der Waals surface area contributed by atoms with Crippen molar-refractivity contribution in [3.8, 4) is 0 Å². The summed E-state index contributed by atoms with van der Waals surface area (Å²) in [5.74, 6) is -0.186. The second-order valence-electron chi connectivity index (χ2n) is 7.22. The van der Waals surface area contributed by atoms with Crippen molar-refractivity contribution < 1.29 is 9.59 Å². The third-order valence-corrected chi connectivity index (χ3v) is 4.80. The quantitative estimate of drug-likeness (QED) is 0.559. The molecule has 7 heteroatoms. The molecule has 1 heterocycles. The standard InChI is InChI=1S/C21H37N5O2/c1-6-12-26(21(28)19-16-22-18(5)15-23-19)14-11-20(27)24-17(4)10-9-13-25(7-2)8-3/h15-17H,6-14H2,1-5H3,(H,24,27). The maximum Gasteiger partial charge on any atom is 0.274 e. The Labute approximate surface area is 169 Å². The van der Waals surface area contributed by atoms with Gasteiger partial charge in [0.2, 0.25) is 5.91 Å². The first-order chi connectivity index (χ1) is 13.4. The lowest BCUT2D eigenvalue weighted by molar-refractivity contribution is -0.121. The van der Waals surface area contributed by atoms with Crippen LogP contribution < -0.4 is 5.32 Å². The van der Waals surface area contributed by atoms with Crippen LogP contribution in [0.3, 0.4) is 0 Å². The highest BCUT2D eigenvalue weighted by Crippen LogP contribution is 2.05. The Kier molecular flexibility index (Phi) is 11.3. The third kappa shape index (κ3) is 8.78. The van der Waals surface area contributed by atoms with Crippen LogP contribution in [0.2, 0.25) is 0 Å². The predicted molar refractivity (Wildman–Crippen MR) is 112 cm³/mol. The molecule has 1 aromatic rings. The molecule has 1 N–H and O–H groups in total. The molecule has 2 amide bonds. The number of amides is 2. The summed E-state index contributed by atoms with van der Waals surface area (Å²) in [6, 6.07) is 0.140. The van der Waals surface area contributed by atoms with Gasteiger partial charge in [-0.3, -0.25) is 14.6 Å². The third-order valence-electron chi connectivity index (χ3n) is 4.80. The molecule has 0 spiro atoms. The lowest BCUT2D eigenvalue weighted by Gasteiger charge is -2.22. The summed E-state index contributed by atoms with van der Waals surface area (Å²) >= 11 is 0. The van der Waals surface area contributed by atoms with E-state index in [1.165, 1.54) is 6.20 Å². The fraction of sp³-hybridized carbons (Fsp3) is 0.714. The van der Waals surface area contributed by atoms with Crippen LogP contribution in [0.1, 0.15) is 69.6 Å². The van der Waals surface area contributed by atoms with Gasteiger partial charge in [-0.05, 0) is 52.7 Å². The van der Waals surface area contributed by atoms with E-state index in [2.05, 4.69) is 34.0 Å². The van der Waals surface area contributed by atoms with E-state index in [1.807, 2.05) is 20.8 Å². The predicted octanol–water partition coefficient (Wildman–Crippen LogP) is 2.65. The van der Waals surface area contributed by atoms with Gasteiger partial charge in [0, 0.05) is 31.7 Å². The van der Waals surface area contributed by atoms with E-state index in [-0.39, 0.29) is 17.9 Å². The second kappa shape index (κ2) is 13.2. The summed E-state index contributed by atoms with van der Waals surface area (Å²) in [6.07, 6.45) is 6.23. The Morgan fingerprint density at radius 3 is 2.36 bits per heavy atom. The molecule has 7 nitrogen and oxygen atoms in total. The average molecular weight is 392 g/mol. The Balaban J connectivity index is 2.44. The zero-order chi connectivity index (χ0) is 20.9. The molecular formula is C21H37N5O2. The Hall–Kier alpha value is -2.02. The van der Waals surface area contributed by atoms with Crippen molar-refractivity contribution in [1.29, 1.82) is 0 Å². The van der Waals surface area contributed by atoms with E-state index in [0.29, 0.717) is 25.2 Å². The molecule has 1 aromatic heterocycles. The summed E-state index contributed by atoms with van der Waals surface area (Å²) in [6.45, 7) is 14.4. The van der Waals surface area contributed by atoms with Crippen LogP contribution in [0.25, 0.3) is 0 Å². The zero-order valence-corrected chi connectivity index (χ0v) is 18.2. The fourth-order valence-corrected chi connectivity index (χ4v) is 3.07. The molecule has 0 bridgehead atoms. The minimum absolute atomic E-state index is 0.0146. The van der Waals surface area contributed by atoms with Crippen LogP contribution in [0, 0.1) is 6.92 Å². The number of rotatable bonds is 13. The van der Waals surface area contributed by atoms with Crippen molar-refractivity contribution >= 4 is 11.8 Å². The molecule has 0 saturated heterocycles.